The first-order valence-electron chi connectivity index (χ1n) is 9.20. The third kappa shape index (κ3) is 3.07. The third-order valence-electron chi connectivity index (χ3n) is 5.42. The molecule has 1 fully saturated rings. The summed E-state index contributed by atoms with van der Waals surface area (Å²) >= 11 is 5.94. The Morgan fingerprint density at radius 3 is 2.62 bits per heavy atom. The van der Waals surface area contributed by atoms with Crippen molar-refractivity contribution in [2.75, 3.05) is 0 Å². The van der Waals surface area contributed by atoms with Crippen LogP contribution in [0.5, 0.6) is 0 Å². The number of hydrogen-bond acceptors (Lipinski definition) is 6. The molecule has 0 aliphatic heterocycles. The number of rotatable bonds is 4. The lowest BCUT2D eigenvalue weighted by molar-refractivity contribution is 0.233. The predicted molar refractivity (Wildman–Crippen MR) is 105 cm³/mol. The van der Waals surface area contributed by atoms with Gasteiger partial charge >= 0.3 is 5.76 Å². The van der Waals surface area contributed by atoms with Crippen LogP contribution in [0, 0.1) is 0 Å². The molecule has 1 aliphatic carbocycles. The minimum Gasteiger partial charge on any atom is -0.390 e. The highest BCUT2D eigenvalue weighted by Crippen LogP contribution is 2.43. The average molecular weight is 413 g/mol. The van der Waals surface area contributed by atoms with E-state index in [9.17, 15) is 9.59 Å². The molecule has 3 heterocycles. The van der Waals surface area contributed by atoms with Gasteiger partial charge in [0, 0.05) is 12.1 Å². The summed E-state index contributed by atoms with van der Waals surface area (Å²) in [4.78, 5) is 33.1. The second-order valence-corrected chi connectivity index (χ2v) is 7.72. The molecule has 1 aromatic carbocycles. The van der Waals surface area contributed by atoms with Gasteiger partial charge in [0.2, 0.25) is 5.89 Å². The molecule has 9 nitrogen and oxygen atoms in total. The van der Waals surface area contributed by atoms with Crippen LogP contribution in [-0.2, 0) is 13.6 Å². The Kier molecular flexibility index (Phi) is 4.13. The van der Waals surface area contributed by atoms with Crippen molar-refractivity contribution in [1.82, 2.24) is 28.9 Å². The molecule has 0 unspecified atom stereocenters. The van der Waals surface area contributed by atoms with Crippen LogP contribution in [0.1, 0.15) is 36.3 Å². The summed E-state index contributed by atoms with van der Waals surface area (Å²) in [5.41, 5.74) is 1.70. The Balaban J connectivity index is 1.35. The number of benzene rings is 1. The first kappa shape index (κ1) is 17.9. The van der Waals surface area contributed by atoms with E-state index in [-0.39, 0.29) is 24.0 Å². The summed E-state index contributed by atoms with van der Waals surface area (Å²) in [6, 6.07) is 7.74. The summed E-state index contributed by atoms with van der Waals surface area (Å²) in [7, 11) is 1.73. The van der Waals surface area contributed by atoms with Gasteiger partial charge in [-0.2, -0.15) is 4.68 Å². The summed E-state index contributed by atoms with van der Waals surface area (Å²) in [6.45, 7) is 0.0303. The monoisotopic (exact) mass is 412 g/mol. The molecule has 148 valence electrons. The maximum Gasteiger partial charge on any atom is 0.437 e. The van der Waals surface area contributed by atoms with E-state index in [4.69, 9.17) is 16.0 Å². The topological polar surface area (TPSA) is 101 Å². The van der Waals surface area contributed by atoms with Crippen molar-refractivity contribution in [3.8, 4) is 0 Å². The fraction of sp³-hybridized carbons (Fsp3) is 0.316. The van der Waals surface area contributed by atoms with Crippen molar-refractivity contribution >= 4 is 22.8 Å². The number of nitrogens with zero attached hydrogens (tertiary/aromatic N) is 6. The highest BCUT2D eigenvalue weighted by molar-refractivity contribution is 6.30. The van der Waals surface area contributed by atoms with Crippen molar-refractivity contribution in [2.24, 2.45) is 7.05 Å². The summed E-state index contributed by atoms with van der Waals surface area (Å²) < 4.78 is 9.63. The maximum absolute atomic E-state index is 12.6. The van der Waals surface area contributed by atoms with Crippen molar-refractivity contribution < 1.29 is 4.42 Å². The van der Waals surface area contributed by atoms with Crippen molar-refractivity contribution in [1.29, 1.82) is 0 Å². The molecule has 0 radical (unpaired) electrons. The van der Waals surface area contributed by atoms with E-state index < -0.39 is 5.76 Å². The van der Waals surface area contributed by atoms with Gasteiger partial charge in [0.1, 0.15) is 12.9 Å². The van der Waals surface area contributed by atoms with E-state index in [1.807, 2.05) is 24.3 Å². The van der Waals surface area contributed by atoms with E-state index in [0.29, 0.717) is 22.1 Å². The number of hydrogen-bond donors (Lipinski definition) is 0. The Bertz CT molecular complexity index is 1310. The first-order chi connectivity index (χ1) is 14.0. The zero-order chi connectivity index (χ0) is 20.1. The first-order valence-corrected chi connectivity index (χ1v) is 9.58. The molecule has 10 heteroatoms. The lowest BCUT2D eigenvalue weighted by Crippen LogP contribution is -2.31. The molecular weight excluding hydrogens is 396 g/mol. The lowest BCUT2D eigenvalue weighted by Gasteiger charge is -2.34. The Morgan fingerprint density at radius 2 is 1.86 bits per heavy atom. The second kappa shape index (κ2) is 6.70. The maximum atomic E-state index is 12.6. The van der Waals surface area contributed by atoms with Crippen LogP contribution < -0.4 is 11.3 Å². The number of aromatic nitrogens is 6. The molecule has 0 saturated heterocycles. The van der Waals surface area contributed by atoms with Crippen LogP contribution in [0.25, 0.3) is 11.2 Å². The van der Waals surface area contributed by atoms with Gasteiger partial charge in [0.15, 0.2) is 11.2 Å². The van der Waals surface area contributed by atoms with Crippen LogP contribution in [0.15, 0.2) is 50.9 Å². The molecule has 0 amide bonds. The number of aryl methyl sites for hydroxylation is 1. The largest absolute Gasteiger partial charge is 0.437 e. The van der Waals surface area contributed by atoms with Crippen molar-refractivity contribution in [3.63, 3.8) is 0 Å². The third-order valence-corrected chi connectivity index (χ3v) is 5.67. The van der Waals surface area contributed by atoms with Gasteiger partial charge in [0.25, 0.3) is 5.56 Å². The van der Waals surface area contributed by atoms with E-state index in [1.165, 1.54) is 27.5 Å². The van der Waals surface area contributed by atoms with Crippen molar-refractivity contribution in [3.05, 3.63) is 74.3 Å². The standard InChI is InChI=1S/C19H17ClN6O3/c1-24-9-21-17-16(24)18(27)25(10-22-17)8-15-23-26(19(28)29-15)14-6-12(7-14)11-2-4-13(20)5-3-11/h2-5,9-10,12,14H,6-8H2,1H3/t12-,14-. The van der Waals surface area contributed by atoms with E-state index in [0.717, 1.165) is 12.8 Å². The fourth-order valence-corrected chi connectivity index (χ4v) is 3.87. The van der Waals surface area contributed by atoms with Crippen LogP contribution >= 0.6 is 11.6 Å². The van der Waals surface area contributed by atoms with E-state index in [1.54, 1.807) is 11.6 Å². The molecule has 29 heavy (non-hydrogen) atoms. The number of imidazole rings is 1. The van der Waals surface area contributed by atoms with E-state index >= 15 is 0 Å². The molecular formula is C19H17ClN6O3. The molecule has 3 aromatic heterocycles. The van der Waals surface area contributed by atoms with Gasteiger partial charge < -0.3 is 8.98 Å². The van der Waals surface area contributed by atoms with Gasteiger partial charge in [-0.15, -0.1) is 5.10 Å². The normalized spacial score (nSPS) is 18.8. The molecule has 0 spiro atoms. The molecule has 0 atom stereocenters. The quantitative estimate of drug-likeness (QED) is 0.508. The van der Waals surface area contributed by atoms with Crippen molar-refractivity contribution in [2.45, 2.75) is 31.3 Å². The predicted octanol–water partition coefficient (Wildman–Crippen LogP) is 2.10. The molecule has 0 bridgehead atoms. The highest BCUT2D eigenvalue weighted by Gasteiger charge is 2.34. The minimum absolute atomic E-state index is 0.0184. The number of fused-ring (bicyclic) bond motifs is 1. The highest BCUT2D eigenvalue weighted by atomic mass is 35.5. The van der Waals surface area contributed by atoms with Gasteiger partial charge in [-0.25, -0.2) is 14.8 Å². The van der Waals surface area contributed by atoms with Gasteiger partial charge in [-0.05, 0) is 36.5 Å². The molecule has 1 saturated carbocycles. The van der Waals surface area contributed by atoms with Gasteiger partial charge in [-0.1, -0.05) is 23.7 Å². The van der Waals surface area contributed by atoms with Crippen LogP contribution in [0.2, 0.25) is 5.02 Å². The summed E-state index contributed by atoms with van der Waals surface area (Å²) in [6.07, 6.45) is 4.52. The van der Waals surface area contributed by atoms with Gasteiger partial charge in [-0.3, -0.25) is 9.36 Å². The zero-order valence-electron chi connectivity index (χ0n) is 15.5. The average Bonchev–Trinajstić information content (AvgIpc) is 3.21. The molecule has 0 N–H and O–H groups in total. The van der Waals surface area contributed by atoms with Crippen LogP contribution in [0.4, 0.5) is 0 Å². The fourth-order valence-electron chi connectivity index (χ4n) is 3.75. The molecule has 4 aromatic rings. The Hall–Kier alpha value is -3.20. The second-order valence-electron chi connectivity index (χ2n) is 7.29. The van der Waals surface area contributed by atoms with Crippen LogP contribution in [0.3, 0.4) is 0 Å². The smallest absolute Gasteiger partial charge is 0.390 e. The SMILES string of the molecule is Cn1cnc2ncn(Cc3nn([C@H]4C[C@H](c5ccc(Cl)cc5)C4)c(=O)o3)c(=O)c21. The lowest BCUT2D eigenvalue weighted by atomic mass is 9.76. The zero-order valence-corrected chi connectivity index (χ0v) is 16.3. The van der Waals surface area contributed by atoms with Crippen LogP contribution in [-0.4, -0.2) is 28.9 Å². The summed E-state index contributed by atoms with van der Waals surface area (Å²) in [5, 5.41) is 5.01. The summed E-state index contributed by atoms with van der Waals surface area (Å²) in [5.74, 6) is 0.0286. The Morgan fingerprint density at radius 1 is 1.14 bits per heavy atom. The molecule has 1 aliphatic rings. The number of halogens is 1. The molecule has 5 rings (SSSR count). The van der Waals surface area contributed by atoms with E-state index in [2.05, 4.69) is 15.1 Å². The Labute approximate surface area is 169 Å². The minimum atomic E-state index is -0.512. The van der Waals surface area contributed by atoms with Gasteiger partial charge in [0.05, 0.1) is 12.4 Å².